The van der Waals surface area contributed by atoms with E-state index in [-0.39, 0.29) is 0 Å². The zero-order valence-electron chi connectivity index (χ0n) is 13.3. The average molecular weight is 319 g/mol. The van der Waals surface area contributed by atoms with Gasteiger partial charge in [-0.3, -0.25) is 9.67 Å². The summed E-state index contributed by atoms with van der Waals surface area (Å²) in [5.74, 6) is 2.55. The van der Waals surface area contributed by atoms with Gasteiger partial charge < -0.3 is 5.32 Å². The minimum Gasteiger partial charge on any atom is -0.328 e. The van der Waals surface area contributed by atoms with Crippen LogP contribution < -0.4 is 5.32 Å². The summed E-state index contributed by atoms with van der Waals surface area (Å²) in [6.45, 7) is 6.00. The van der Waals surface area contributed by atoms with E-state index in [4.69, 9.17) is 0 Å². The third-order valence-corrected chi connectivity index (χ3v) is 3.87. The molecule has 24 heavy (non-hydrogen) atoms. The largest absolute Gasteiger partial charge is 0.328 e. The highest BCUT2D eigenvalue weighted by Gasteiger charge is 2.21. The Morgan fingerprint density at radius 2 is 1.96 bits per heavy atom. The number of fused-ring (bicyclic) bond motifs is 1. The molecule has 0 unspecified atom stereocenters. The van der Waals surface area contributed by atoms with Crippen LogP contribution in [0.15, 0.2) is 48.7 Å². The van der Waals surface area contributed by atoms with Crippen LogP contribution >= 0.6 is 0 Å². The van der Waals surface area contributed by atoms with Crippen LogP contribution in [-0.2, 0) is 12.8 Å². The van der Waals surface area contributed by atoms with Gasteiger partial charge in [0.2, 0.25) is 17.6 Å². The number of benzene rings is 1. The molecular formula is C17H17N7. The summed E-state index contributed by atoms with van der Waals surface area (Å²) in [6.07, 6.45) is 3.63. The smallest absolute Gasteiger partial charge is 0.233 e. The molecule has 120 valence electrons. The summed E-state index contributed by atoms with van der Waals surface area (Å²) < 4.78 is 1.82. The fourth-order valence-electron chi connectivity index (χ4n) is 2.72. The standard InChI is InChI=1S/C17H17N7/c1-11-10-12(2)24-16(22-23-17(24)18-11)15-19-14(20-21-15)9-8-13-6-4-3-5-7-13/h3-7,10H,2,8-9H2,1H3,(H,18,23)(H,19,20,21). The fourth-order valence-corrected chi connectivity index (χ4v) is 2.72. The molecule has 0 amide bonds. The Bertz CT molecular complexity index is 918. The van der Waals surface area contributed by atoms with Crippen molar-refractivity contribution in [2.24, 2.45) is 0 Å². The Balaban J connectivity index is 1.55. The molecule has 7 nitrogen and oxygen atoms in total. The van der Waals surface area contributed by atoms with Crippen LogP contribution in [0, 0.1) is 0 Å². The predicted octanol–water partition coefficient (Wildman–Crippen LogP) is 2.65. The Morgan fingerprint density at radius 3 is 2.79 bits per heavy atom. The monoisotopic (exact) mass is 319 g/mol. The SMILES string of the molecule is C=C1C=C(C)Nc2nnc(-c3n[nH]c(CCc4ccccc4)n3)n21. The highest BCUT2D eigenvalue weighted by molar-refractivity contribution is 5.70. The number of aromatic amines is 1. The van der Waals surface area contributed by atoms with Crippen molar-refractivity contribution in [3.05, 3.63) is 60.1 Å². The average Bonchev–Trinajstić information content (AvgIpc) is 3.20. The second-order valence-corrected chi connectivity index (χ2v) is 5.72. The van der Waals surface area contributed by atoms with Crippen LogP contribution in [0.25, 0.3) is 17.3 Å². The molecule has 1 aliphatic rings. The lowest BCUT2D eigenvalue weighted by atomic mass is 10.1. The maximum atomic E-state index is 4.55. The van der Waals surface area contributed by atoms with E-state index in [1.54, 1.807) is 0 Å². The van der Waals surface area contributed by atoms with Gasteiger partial charge in [0.15, 0.2) is 0 Å². The molecule has 7 heteroatoms. The summed E-state index contributed by atoms with van der Waals surface area (Å²) >= 11 is 0. The second kappa shape index (κ2) is 5.77. The van der Waals surface area contributed by atoms with Crippen molar-refractivity contribution in [3.63, 3.8) is 0 Å². The van der Waals surface area contributed by atoms with E-state index in [0.717, 1.165) is 30.1 Å². The highest BCUT2D eigenvalue weighted by Crippen LogP contribution is 2.26. The van der Waals surface area contributed by atoms with Crippen LogP contribution in [0.2, 0.25) is 0 Å². The number of H-pyrrole nitrogens is 1. The predicted molar refractivity (Wildman–Crippen MR) is 92.0 cm³/mol. The molecule has 0 radical (unpaired) electrons. The Labute approximate surface area is 139 Å². The number of anilines is 1. The summed E-state index contributed by atoms with van der Waals surface area (Å²) in [5.41, 5.74) is 3.04. The van der Waals surface area contributed by atoms with Gasteiger partial charge in [0.25, 0.3) is 0 Å². The van der Waals surface area contributed by atoms with Crippen LogP contribution in [0.3, 0.4) is 0 Å². The molecule has 0 spiro atoms. The zero-order valence-corrected chi connectivity index (χ0v) is 13.3. The van der Waals surface area contributed by atoms with Gasteiger partial charge in [-0.2, -0.15) is 0 Å². The van der Waals surface area contributed by atoms with Crippen molar-refractivity contribution in [2.45, 2.75) is 19.8 Å². The van der Waals surface area contributed by atoms with Crippen molar-refractivity contribution in [1.29, 1.82) is 0 Å². The molecule has 0 saturated heterocycles. The van der Waals surface area contributed by atoms with Gasteiger partial charge in [0, 0.05) is 17.8 Å². The van der Waals surface area contributed by atoms with Gasteiger partial charge in [0.05, 0.1) is 0 Å². The lowest BCUT2D eigenvalue weighted by Gasteiger charge is -2.16. The first kappa shape index (κ1) is 14.4. The lowest BCUT2D eigenvalue weighted by Crippen LogP contribution is -2.11. The van der Waals surface area contributed by atoms with Gasteiger partial charge in [-0.05, 0) is 25.0 Å². The molecule has 0 saturated carbocycles. The lowest BCUT2D eigenvalue weighted by molar-refractivity contribution is 0.865. The minimum absolute atomic E-state index is 0.521. The minimum atomic E-state index is 0.521. The van der Waals surface area contributed by atoms with E-state index in [0.29, 0.717) is 17.6 Å². The maximum absolute atomic E-state index is 4.55. The van der Waals surface area contributed by atoms with Gasteiger partial charge in [0.1, 0.15) is 5.82 Å². The summed E-state index contributed by atoms with van der Waals surface area (Å²) in [7, 11) is 0. The van der Waals surface area contributed by atoms with E-state index in [1.807, 2.05) is 35.8 Å². The van der Waals surface area contributed by atoms with Crippen LogP contribution in [0.1, 0.15) is 18.3 Å². The molecule has 1 aromatic carbocycles. The topological polar surface area (TPSA) is 84.3 Å². The molecule has 0 atom stereocenters. The maximum Gasteiger partial charge on any atom is 0.233 e. The van der Waals surface area contributed by atoms with Crippen molar-refractivity contribution in [3.8, 4) is 11.6 Å². The molecular weight excluding hydrogens is 302 g/mol. The van der Waals surface area contributed by atoms with Gasteiger partial charge in [-0.15, -0.1) is 15.3 Å². The fraction of sp³-hybridized carbons (Fsp3) is 0.176. The van der Waals surface area contributed by atoms with E-state index >= 15 is 0 Å². The number of aromatic nitrogens is 6. The highest BCUT2D eigenvalue weighted by atomic mass is 15.4. The third kappa shape index (κ3) is 2.60. The van der Waals surface area contributed by atoms with Gasteiger partial charge in [-0.1, -0.05) is 36.9 Å². The van der Waals surface area contributed by atoms with Crippen molar-refractivity contribution in [1.82, 2.24) is 29.9 Å². The van der Waals surface area contributed by atoms with Gasteiger partial charge in [-0.25, -0.2) is 4.98 Å². The van der Waals surface area contributed by atoms with Gasteiger partial charge >= 0.3 is 0 Å². The number of hydrogen-bond donors (Lipinski definition) is 2. The number of nitrogens with zero attached hydrogens (tertiary/aromatic N) is 5. The third-order valence-electron chi connectivity index (χ3n) is 3.87. The number of allylic oxidation sites excluding steroid dienone is 3. The summed E-state index contributed by atoms with van der Waals surface area (Å²) in [5, 5.41) is 18.8. The van der Waals surface area contributed by atoms with E-state index in [9.17, 15) is 0 Å². The number of aryl methyl sites for hydroxylation is 2. The van der Waals surface area contributed by atoms with Crippen LogP contribution in [0.4, 0.5) is 5.95 Å². The number of rotatable bonds is 4. The summed E-state index contributed by atoms with van der Waals surface area (Å²) in [6, 6.07) is 10.3. The molecule has 1 aliphatic heterocycles. The molecule has 4 rings (SSSR count). The molecule has 2 aromatic heterocycles. The first-order valence-corrected chi connectivity index (χ1v) is 7.76. The summed E-state index contributed by atoms with van der Waals surface area (Å²) in [4.78, 5) is 4.55. The van der Waals surface area contributed by atoms with Crippen LogP contribution in [0.5, 0.6) is 0 Å². The molecule has 0 bridgehead atoms. The molecule has 3 heterocycles. The number of nitrogens with one attached hydrogen (secondary N) is 2. The van der Waals surface area contributed by atoms with E-state index < -0.39 is 0 Å². The molecule has 0 fully saturated rings. The zero-order chi connectivity index (χ0) is 16.5. The molecule has 3 aromatic rings. The quantitative estimate of drug-likeness (QED) is 0.772. The van der Waals surface area contributed by atoms with E-state index in [1.165, 1.54) is 5.56 Å². The van der Waals surface area contributed by atoms with Crippen molar-refractivity contribution in [2.75, 3.05) is 5.32 Å². The Morgan fingerprint density at radius 1 is 1.12 bits per heavy atom. The first-order valence-electron chi connectivity index (χ1n) is 7.76. The first-order chi connectivity index (χ1) is 11.7. The van der Waals surface area contributed by atoms with E-state index in [2.05, 4.69) is 49.4 Å². The normalized spacial score (nSPS) is 13.4. The molecule has 0 aliphatic carbocycles. The Kier molecular flexibility index (Phi) is 3.45. The van der Waals surface area contributed by atoms with Crippen molar-refractivity contribution >= 4 is 11.6 Å². The molecule has 2 N–H and O–H groups in total. The van der Waals surface area contributed by atoms with Crippen LogP contribution in [-0.4, -0.2) is 29.9 Å². The second-order valence-electron chi connectivity index (χ2n) is 5.72. The Hall–Kier alpha value is -3.22. The number of hydrogen-bond acceptors (Lipinski definition) is 5. The van der Waals surface area contributed by atoms with Crippen molar-refractivity contribution < 1.29 is 0 Å².